The fourth-order valence-electron chi connectivity index (χ4n) is 2.03. The van der Waals surface area contributed by atoms with Gasteiger partial charge in [-0.2, -0.15) is 0 Å². The molecule has 0 amide bonds. The summed E-state index contributed by atoms with van der Waals surface area (Å²) >= 11 is 1.59. The normalized spacial score (nSPS) is 18.2. The zero-order valence-corrected chi connectivity index (χ0v) is 12.0. The Bertz CT molecular complexity index is 500. The van der Waals surface area contributed by atoms with E-state index >= 15 is 0 Å². The lowest BCUT2D eigenvalue weighted by molar-refractivity contribution is 0.374. The summed E-state index contributed by atoms with van der Waals surface area (Å²) in [6.07, 6.45) is 2.27. The number of rotatable bonds is 4. The molecule has 0 saturated carbocycles. The lowest BCUT2D eigenvalue weighted by Crippen LogP contribution is -2.12. The second-order valence-corrected chi connectivity index (χ2v) is 5.26. The van der Waals surface area contributed by atoms with Crippen LogP contribution in [0.4, 0.5) is 0 Å². The minimum atomic E-state index is 0. The van der Waals surface area contributed by atoms with Gasteiger partial charge in [-0.1, -0.05) is 42.1 Å². The number of nitrogens with zero attached hydrogens (tertiary/aromatic N) is 2. The SMILES string of the molecule is Cl.c1ccc(CSc2nnc([C@@H]3CCCN3)o2)cc1. The molecule has 6 heteroatoms. The van der Waals surface area contributed by atoms with Crippen molar-refractivity contribution in [2.75, 3.05) is 6.54 Å². The van der Waals surface area contributed by atoms with Crippen molar-refractivity contribution in [3.05, 3.63) is 41.8 Å². The third kappa shape index (κ3) is 3.72. The zero-order valence-electron chi connectivity index (χ0n) is 10.4. The first-order valence-corrected chi connectivity index (χ1v) is 7.14. The molecule has 1 atom stereocenters. The van der Waals surface area contributed by atoms with Crippen molar-refractivity contribution in [1.82, 2.24) is 15.5 Å². The Morgan fingerprint density at radius 2 is 2.11 bits per heavy atom. The molecule has 19 heavy (non-hydrogen) atoms. The highest BCUT2D eigenvalue weighted by Gasteiger charge is 2.22. The minimum absolute atomic E-state index is 0. The minimum Gasteiger partial charge on any atom is -0.414 e. The van der Waals surface area contributed by atoms with Gasteiger partial charge in [0.2, 0.25) is 5.89 Å². The van der Waals surface area contributed by atoms with Crippen molar-refractivity contribution in [1.29, 1.82) is 0 Å². The van der Waals surface area contributed by atoms with E-state index < -0.39 is 0 Å². The van der Waals surface area contributed by atoms with E-state index in [0.717, 1.165) is 24.6 Å². The fourth-order valence-corrected chi connectivity index (χ4v) is 2.76. The van der Waals surface area contributed by atoms with Crippen LogP contribution < -0.4 is 5.32 Å². The van der Waals surface area contributed by atoms with Crippen LogP contribution >= 0.6 is 24.2 Å². The van der Waals surface area contributed by atoms with E-state index in [1.807, 2.05) is 18.2 Å². The highest BCUT2D eigenvalue weighted by Crippen LogP contribution is 2.26. The summed E-state index contributed by atoms with van der Waals surface area (Å²) < 4.78 is 5.67. The van der Waals surface area contributed by atoms with Crippen LogP contribution in [0.3, 0.4) is 0 Å². The van der Waals surface area contributed by atoms with Crippen LogP contribution in [0.15, 0.2) is 40.0 Å². The van der Waals surface area contributed by atoms with Crippen LogP contribution in [0.25, 0.3) is 0 Å². The van der Waals surface area contributed by atoms with Gasteiger partial charge in [0.15, 0.2) is 0 Å². The fraction of sp³-hybridized carbons (Fsp3) is 0.385. The molecular weight excluding hydrogens is 282 g/mol. The Morgan fingerprint density at radius 3 is 2.84 bits per heavy atom. The van der Waals surface area contributed by atoms with Crippen LogP contribution in [-0.2, 0) is 5.75 Å². The molecule has 2 aromatic rings. The van der Waals surface area contributed by atoms with Crippen LogP contribution in [-0.4, -0.2) is 16.7 Å². The molecular formula is C13H16ClN3OS. The highest BCUT2D eigenvalue weighted by molar-refractivity contribution is 7.98. The van der Waals surface area contributed by atoms with Gasteiger partial charge < -0.3 is 9.73 Å². The van der Waals surface area contributed by atoms with Gasteiger partial charge in [-0.3, -0.25) is 0 Å². The predicted molar refractivity (Wildman–Crippen MR) is 77.5 cm³/mol. The Hall–Kier alpha value is -1.04. The van der Waals surface area contributed by atoms with Crippen LogP contribution in [0.5, 0.6) is 0 Å². The molecule has 1 aliphatic heterocycles. The molecule has 1 aliphatic rings. The lowest BCUT2D eigenvalue weighted by atomic mass is 10.2. The van der Waals surface area contributed by atoms with Gasteiger partial charge in [-0.05, 0) is 24.9 Å². The van der Waals surface area contributed by atoms with E-state index in [4.69, 9.17) is 4.42 Å². The number of nitrogens with one attached hydrogen (secondary N) is 1. The molecule has 0 aliphatic carbocycles. The molecule has 0 bridgehead atoms. The molecule has 4 nitrogen and oxygen atoms in total. The van der Waals surface area contributed by atoms with Gasteiger partial charge in [0, 0.05) is 5.75 Å². The van der Waals surface area contributed by atoms with Crippen LogP contribution in [0.1, 0.15) is 30.3 Å². The van der Waals surface area contributed by atoms with E-state index in [9.17, 15) is 0 Å². The van der Waals surface area contributed by atoms with Crippen molar-refractivity contribution < 1.29 is 4.42 Å². The predicted octanol–water partition coefficient (Wildman–Crippen LogP) is 3.21. The maximum atomic E-state index is 5.67. The van der Waals surface area contributed by atoms with E-state index in [1.165, 1.54) is 12.0 Å². The molecule has 3 rings (SSSR count). The summed E-state index contributed by atoms with van der Waals surface area (Å²) in [5.41, 5.74) is 1.27. The first-order valence-electron chi connectivity index (χ1n) is 6.15. The molecule has 1 fully saturated rings. The summed E-state index contributed by atoms with van der Waals surface area (Å²) in [6, 6.07) is 10.6. The average Bonchev–Trinajstić information content (AvgIpc) is 3.08. The third-order valence-corrected chi connectivity index (χ3v) is 3.88. The first kappa shape index (κ1) is 14.4. The summed E-state index contributed by atoms with van der Waals surface area (Å²) in [5.74, 6) is 1.59. The first-order chi connectivity index (χ1) is 8.92. The van der Waals surface area contributed by atoms with Gasteiger partial charge in [0.05, 0.1) is 6.04 Å². The largest absolute Gasteiger partial charge is 0.414 e. The van der Waals surface area contributed by atoms with Crippen molar-refractivity contribution >= 4 is 24.2 Å². The van der Waals surface area contributed by atoms with E-state index in [0.29, 0.717) is 5.22 Å². The van der Waals surface area contributed by atoms with Crippen LogP contribution in [0.2, 0.25) is 0 Å². The molecule has 102 valence electrons. The van der Waals surface area contributed by atoms with E-state index in [-0.39, 0.29) is 18.4 Å². The summed E-state index contributed by atoms with van der Waals surface area (Å²) in [7, 11) is 0. The molecule has 2 heterocycles. The molecule has 1 aromatic heterocycles. The van der Waals surface area contributed by atoms with Crippen molar-refractivity contribution in [3.63, 3.8) is 0 Å². The molecule has 1 saturated heterocycles. The Kier molecular flexibility index (Phi) is 5.24. The average molecular weight is 298 g/mol. The van der Waals surface area contributed by atoms with Crippen molar-refractivity contribution in [2.45, 2.75) is 29.9 Å². The molecule has 0 radical (unpaired) electrons. The van der Waals surface area contributed by atoms with Gasteiger partial charge in [0.25, 0.3) is 5.22 Å². The molecule has 0 unspecified atom stereocenters. The number of halogens is 1. The van der Waals surface area contributed by atoms with Gasteiger partial charge in [0.1, 0.15) is 0 Å². The topological polar surface area (TPSA) is 51.0 Å². The Morgan fingerprint density at radius 1 is 1.26 bits per heavy atom. The summed E-state index contributed by atoms with van der Waals surface area (Å²) in [4.78, 5) is 0. The summed E-state index contributed by atoms with van der Waals surface area (Å²) in [5, 5.41) is 12.2. The maximum absolute atomic E-state index is 5.67. The van der Waals surface area contributed by atoms with Crippen molar-refractivity contribution in [2.24, 2.45) is 0 Å². The smallest absolute Gasteiger partial charge is 0.276 e. The van der Waals surface area contributed by atoms with Gasteiger partial charge >= 0.3 is 0 Å². The van der Waals surface area contributed by atoms with Crippen molar-refractivity contribution in [3.8, 4) is 0 Å². The standard InChI is InChI=1S/C13H15N3OS.ClH/c1-2-5-10(6-3-1)9-18-13-16-15-12(17-13)11-7-4-8-14-11;/h1-3,5-6,11,14H,4,7-9H2;1H/t11-;/m0./s1. The molecule has 1 N–H and O–H groups in total. The molecule has 1 aromatic carbocycles. The number of thioether (sulfide) groups is 1. The monoisotopic (exact) mass is 297 g/mol. The molecule has 0 spiro atoms. The number of benzene rings is 1. The number of hydrogen-bond acceptors (Lipinski definition) is 5. The van der Waals surface area contributed by atoms with E-state index in [1.54, 1.807) is 11.8 Å². The quantitative estimate of drug-likeness (QED) is 0.878. The maximum Gasteiger partial charge on any atom is 0.276 e. The number of hydrogen-bond donors (Lipinski definition) is 1. The lowest BCUT2D eigenvalue weighted by Gasteiger charge is -2.02. The summed E-state index contributed by atoms with van der Waals surface area (Å²) in [6.45, 7) is 1.04. The second kappa shape index (κ2) is 6.93. The Balaban J connectivity index is 0.00000133. The van der Waals surface area contributed by atoms with E-state index in [2.05, 4.69) is 27.6 Å². The zero-order chi connectivity index (χ0) is 12.2. The third-order valence-electron chi connectivity index (χ3n) is 2.99. The van der Waals surface area contributed by atoms with Crippen LogP contribution in [0, 0.1) is 0 Å². The Labute approximate surface area is 122 Å². The number of aromatic nitrogens is 2. The highest BCUT2D eigenvalue weighted by atomic mass is 35.5. The van der Waals surface area contributed by atoms with Gasteiger partial charge in [-0.15, -0.1) is 22.6 Å². The second-order valence-electron chi connectivity index (χ2n) is 4.33. The van der Waals surface area contributed by atoms with Gasteiger partial charge in [-0.25, -0.2) is 0 Å².